The van der Waals surface area contributed by atoms with Crippen LogP contribution >= 0.6 is 0 Å². The third kappa shape index (κ3) is 3.32. The largest absolute Gasteiger partial charge is 0.480 e. The smallest absolute Gasteiger partial charge is 0.303 e. The van der Waals surface area contributed by atoms with Crippen molar-refractivity contribution in [2.45, 2.75) is 32.6 Å². The molecule has 3 aromatic rings. The maximum Gasteiger partial charge on any atom is 0.303 e. The fourth-order valence-electron chi connectivity index (χ4n) is 2.67. The van der Waals surface area contributed by atoms with Gasteiger partial charge in [-0.1, -0.05) is 39.0 Å². The number of nitrogens with zero attached hydrogens (tertiary/aromatic N) is 5. The van der Waals surface area contributed by atoms with Crippen LogP contribution in [0.25, 0.3) is 5.69 Å². The zero-order valence-electron chi connectivity index (χ0n) is 16.1. The van der Waals surface area contributed by atoms with Gasteiger partial charge in [-0.2, -0.15) is 10.4 Å². The number of azo groups is 1. The summed E-state index contributed by atoms with van der Waals surface area (Å²) in [4.78, 5) is 12.7. The Bertz CT molecular complexity index is 1100. The number of rotatable bonds is 6. The van der Waals surface area contributed by atoms with Gasteiger partial charge in [-0.25, -0.2) is 4.68 Å². The maximum atomic E-state index is 12.7. The van der Waals surface area contributed by atoms with Crippen molar-refractivity contribution in [1.82, 2.24) is 20.0 Å². The normalized spacial score (nSPS) is 11.7. The molecule has 9 nitrogen and oxygen atoms in total. The number of aromatic nitrogens is 4. The van der Waals surface area contributed by atoms with E-state index < -0.39 is 5.56 Å². The van der Waals surface area contributed by atoms with Gasteiger partial charge in [-0.05, 0) is 18.6 Å². The van der Waals surface area contributed by atoms with Gasteiger partial charge in [0.15, 0.2) is 0 Å². The standard InChI is InChI=1S/C19H21N7O2/c1-5-19(2,3)15-13(11-20)16(24-22-15)23-21-14-17(28-4)25-26(18(14)27)12-9-7-6-8-10-12/h6-10,25H,5H2,1-4H3,(H,22,24). The minimum Gasteiger partial charge on any atom is -0.480 e. The quantitative estimate of drug-likeness (QED) is 0.631. The van der Waals surface area contributed by atoms with E-state index in [1.54, 1.807) is 12.1 Å². The molecular formula is C19H21N7O2. The molecule has 0 radical (unpaired) electrons. The van der Waals surface area contributed by atoms with Crippen LogP contribution in [0, 0.1) is 11.3 Å². The highest BCUT2D eigenvalue weighted by molar-refractivity contribution is 5.53. The summed E-state index contributed by atoms with van der Waals surface area (Å²) in [6.07, 6.45) is 0.813. The van der Waals surface area contributed by atoms with Crippen molar-refractivity contribution in [2.75, 3.05) is 7.11 Å². The van der Waals surface area contributed by atoms with E-state index in [-0.39, 0.29) is 22.8 Å². The van der Waals surface area contributed by atoms with Crippen LogP contribution in [0.3, 0.4) is 0 Å². The summed E-state index contributed by atoms with van der Waals surface area (Å²) in [6, 6.07) is 11.2. The van der Waals surface area contributed by atoms with Gasteiger partial charge in [-0.3, -0.25) is 15.0 Å². The van der Waals surface area contributed by atoms with Crippen LogP contribution in [0.2, 0.25) is 0 Å². The van der Waals surface area contributed by atoms with Crippen molar-refractivity contribution in [2.24, 2.45) is 10.2 Å². The summed E-state index contributed by atoms with van der Waals surface area (Å²) >= 11 is 0. The number of benzene rings is 1. The number of hydrogen-bond donors (Lipinski definition) is 2. The lowest BCUT2D eigenvalue weighted by atomic mass is 9.84. The lowest BCUT2D eigenvalue weighted by molar-refractivity contribution is 0.395. The number of nitrogens with one attached hydrogen (secondary N) is 2. The van der Waals surface area contributed by atoms with E-state index in [0.29, 0.717) is 16.9 Å². The Balaban J connectivity index is 2.04. The fraction of sp³-hybridized carbons (Fsp3) is 0.316. The second kappa shape index (κ2) is 7.52. The first-order chi connectivity index (χ1) is 13.4. The number of aromatic amines is 2. The van der Waals surface area contributed by atoms with Crippen molar-refractivity contribution in [3.8, 4) is 17.6 Å². The minimum absolute atomic E-state index is 0.00505. The zero-order valence-corrected chi connectivity index (χ0v) is 16.1. The molecule has 0 unspecified atom stereocenters. The third-order valence-electron chi connectivity index (χ3n) is 4.72. The summed E-state index contributed by atoms with van der Waals surface area (Å²) in [5.74, 6) is 0.300. The Labute approximate surface area is 161 Å². The maximum absolute atomic E-state index is 12.7. The second-order valence-corrected chi connectivity index (χ2v) is 6.82. The second-order valence-electron chi connectivity index (χ2n) is 6.82. The minimum atomic E-state index is -0.421. The Morgan fingerprint density at radius 1 is 1.29 bits per heavy atom. The summed E-state index contributed by atoms with van der Waals surface area (Å²) in [5.41, 5.74) is 0.946. The molecule has 9 heteroatoms. The van der Waals surface area contributed by atoms with Crippen molar-refractivity contribution >= 4 is 11.5 Å². The Kier molecular flexibility index (Phi) is 5.13. The average Bonchev–Trinajstić information content (AvgIpc) is 3.27. The molecule has 0 atom stereocenters. The molecule has 0 aliphatic heterocycles. The highest BCUT2D eigenvalue weighted by atomic mass is 16.5. The molecule has 0 bridgehead atoms. The molecule has 0 amide bonds. The van der Waals surface area contributed by atoms with E-state index in [4.69, 9.17) is 4.74 Å². The highest BCUT2D eigenvalue weighted by Gasteiger charge is 2.27. The van der Waals surface area contributed by atoms with Gasteiger partial charge >= 0.3 is 5.56 Å². The van der Waals surface area contributed by atoms with Gasteiger partial charge in [0.25, 0.3) is 0 Å². The molecule has 0 fully saturated rings. The van der Waals surface area contributed by atoms with Gasteiger partial charge in [0.05, 0.1) is 18.5 Å². The Hall–Kier alpha value is -3.67. The highest BCUT2D eigenvalue weighted by Crippen LogP contribution is 2.33. The topological polar surface area (TPSA) is 124 Å². The molecule has 0 aliphatic carbocycles. The number of ether oxygens (including phenoxy) is 1. The molecule has 0 spiro atoms. The predicted octanol–water partition coefficient (Wildman–Crippen LogP) is 3.87. The summed E-state index contributed by atoms with van der Waals surface area (Å²) < 4.78 is 6.54. The average molecular weight is 379 g/mol. The van der Waals surface area contributed by atoms with Crippen molar-refractivity contribution < 1.29 is 4.74 Å². The van der Waals surface area contributed by atoms with Crippen LogP contribution in [0.1, 0.15) is 38.4 Å². The number of hydrogen-bond acceptors (Lipinski definition) is 6. The van der Waals surface area contributed by atoms with Gasteiger partial charge in [-0.15, -0.1) is 10.2 Å². The van der Waals surface area contributed by atoms with E-state index >= 15 is 0 Å². The number of para-hydroxylation sites is 1. The summed E-state index contributed by atoms with van der Waals surface area (Å²) in [5, 5.41) is 27.4. The van der Waals surface area contributed by atoms with Crippen LogP contribution in [0.4, 0.5) is 11.5 Å². The molecule has 2 aromatic heterocycles. The molecule has 2 N–H and O–H groups in total. The number of H-pyrrole nitrogens is 2. The van der Waals surface area contributed by atoms with Crippen LogP contribution in [-0.2, 0) is 5.41 Å². The number of nitriles is 1. The summed E-state index contributed by atoms with van der Waals surface area (Å²) in [6.45, 7) is 6.05. The van der Waals surface area contributed by atoms with Gasteiger partial charge in [0, 0.05) is 5.41 Å². The molecule has 0 aliphatic rings. The molecule has 0 saturated heterocycles. The third-order valence-corrected chi connectivity index (χ3v) is 4.72. The first kappa shape index (κ1) is 19.1. The molecule has 2 heterocycles. The molecule has 3 rings (SSSR count). The van der Waals surface area contributed by atoms with E-state index in [9.17, 15) is 10.1 Å². The SMILES string of the molecule is CCC(C)(C)c1[nH]nc(N=Nc2c(OC)[nH]n(-c3ccccc3)c2=O)c1C#N. The van der Waals surface area contributed by atoms with E-state index in [1.807, 2.05) is 39.0 Å². The molecular weight excluding hydrogens is 358 g/mol. The van der Waals surface area contributed by atoms with E-state index in [0.717, 1.165) is 6.42 Å². The number of methoxy groups -OCH3 is 1. The van der Waals surface area contributed by atoms with Crippen LogP contribution in [0.5, 0.6) is 5.88 Å². The van der Waals surface area contributed by atoms with Gasteiger partial charge < -0.3 is 4.74 Å². The molecule has 1 aromatic carbocycles. The van der Waals surface area contributed by atoms with Crippen molar-refractivity contribution in [3.05, 3.63) is 51.9 Å². The molecule has 28 heavy (non-hydrogen) atoms. The van der Waals surface area contributed by atoms with E-state index in [1.165, 1.54) is 11.8 Å². The van der Waals surface area contributed by atoms with Crippen LogP contribution in [0.15, 0.2) is 45.4 Å². The summed E-state index contributed by atoms with van der Waals surface area (Å²) in [7, 11) is 1.43. The van der Waals surface area contributed by atoms with Crippen molar-refractivity contribution in [3.63, 3.8) is 0 Å². The zero-order chi connectivity index (χ0) is 20.3. The predicted molar refractivity (Wildman–Crippen MR) is 104 cm³/mol. The first-order valence-electron chi connectivity index (χ1n) is 8.78. The van der Waals surface area contributed by atoms with Crippen molar-refractivity contribution in [1.29, 1.82) is 5.26 Å². The Morgan fingerprint density at radius 3 is 2.61 bits per heavy atom. The molecule has 144 valence electrons. The van der Waals surface area contributed by atoms with Gasteiger partial charge in [0.2, 0.25) is 17.4 Å². The molecule has 0 saturated carbocycles. The monoisotopic (exact) mass is 379 g/mol. The van der Waals surface area contributed by atoms with Crippen LogP contribution in [-0.4, -0.2) is 27.1 Å². The first-order valence-corrected chi connectivity index (χ1v) is 8.78. The van der Waals surface area contributed by atoms with E-state index in [2.05, 4.69) is 31.6 Å². The fourth-order valence-corrected chi connectivity index (χ4v) is 2.67. The lowest BCUT2D eigenvalue weighted by Crippen LogP contribution is -2.17. The Morgan fingerprint density at radius 2 is 2.00 bits per heavy atom. The lowest BCUT2D eigenvalue weighted by Gasteiger charge is -2.20. The van der Waals surface area contributed by atoms with Crippen LogP contribution < -0.4 is 10.3 Å². The van der Waals surface area contributed by atoms with Gasteiger partial charge in [0.1, 0.15) is 11.6 Å².